The number of para-hydroxylation sites is 4. The highest BCUT2D eigenvalue weighted by atomic mass is 32.2. The number of fused-ring (bicyclic) bond motifs is 11. The average molecular weight is 1150 g/mol. The van der Waals surface area contributed by atoms with Gasteiger partial charge in [0.15, 0.2) is 0 Å². The van der Waals surface area contributed by atoms with Crippen molar-refractivity contribution in [3.63, 3.8) is 0 Å². The lowest BCUT2D eigenvalue weighted by atomic mass is 9.34. The Morgan fingerprint density at radius 2 is 0.989 bits per heavy atom. The molecule has 2 aliphatic rings. The summed E-state index contributed by atoms with van der Waals surface area (Å²) in [6.07, 6.45) is 0. The summed E-state index contributed by atoms with van der Waals surface area (Å²) in [6, 6.07) is 101. The molecule has 0 unspecified atom stereocenters. The van der Waals surface area contributed by atoms with Gasteiger partial charge < -0.3 is 19.3 Å². The molecular weight excluding hydrogens is 1100 g/mol. The molecule has 0 amide bonds. The third-order valence-electron chi connectivity index (χ3n) is 17.4. The fourth-order valence-corrected chi connectivity index (χ4v) is 15.9. The summed E-state index contributed by atoms with van der Waals surface area (Å²) < 4.78 is 4.90. The van der Waals surface area contributed by atoms with Gasteiger partial charge in [-0.25, -0.2) is 0 Å². The largest absolute Gasteiger partial charge is 0.311 e. The monoisotopic (exact) mass is 1150 g/mol. The Kier molecular flexibility index (Phi) is 12.3. The van der Waals surface area contributed by atoms with Crippen LogP contribution in [0, 0.1) is 22.7 Å². The Bertz CT molecular complexity index is 5100. The number of thiophene rings is 1. The molecule has 16 rings (SSSR count). The van der Waals surface area contributed by atoms with Crippen molar-refractivity contribution in [3.8, 4) is 29.0 Å². The van der Waals surface area contributed by atoms with Crippen molar-refractivity contribution in [2.75, 3.05) is 14.7 Å². The summed E-state index contributed by atoms with van der Waals surface area (Å²) in [4.78, 5) is 9.68. The first-order valence-electron chi connectivity index (χ1n) is 29.4. The van der Waals surface area contributed by atoms with E-state index in [0.29, 0.717) is 11.1 Å². The molecule has 0 fully saturated rings. The second-order valence-electron chi connectivity index (χ2n) is 23.5. The maximum Gasteiger partial charge on any atom is 0.251 e. The van der Waals surface area contributed by atoms with Crippen molar-refractivity contribution in [1.29, 1.82) is 10.5 Å². The van der Waals surface area contributed by atoms with Crippen LogP contribution >= 0.6 is 23.1 Å². The van der Waals surface area contributed by atoms with Crippen LogP contribution in [0.4, 0.5) is 51.2 Å². The molecule has 0 N–H and O–H groups in total. The van der Waals surface area contributed by atoms with Crippen molar-refractivity contribution >= 4 is 139 Å². The van der Waals surface area contributed by atoms with Crippen LogP contribution in [0.15, 0.2) is 277 Å². The first-order valence-corrected chi connectivity index (χ1v) is 31.0. The van der Waals surface area contributed by atoms with E-state index in [0.717, 1.165) is 79.0 Å². The first-order chi connectivity index (χ1) is 42.7. The van der Waals surface area contributed by atoms with Gasteiger partial charge in [0.1, 0.15) is 0 Å². The SMILES string of the molecule is CC(C)(C)c1ccc(N2c3cc(-n4c5ccccc5c5ccccc54)cc4c3B(c3ccc(N(c5ccccc5)c5ccc(C#N)cc5)cc3S4)c3c2cc(N(c2ccccc2)c2ccc(C#N)cc2)c2c3sc3ccccc32)c(-c2ccccc2)c1. The van der Waals surface area contributed by atoms with Crippen LogP contribution in [-0.2, 0) is 5.41 Å². The zero-order valence-electron chi connectivity index (χ0n) is 48.0. The van der Waals surface area contributed by atoms with Crippen molar-refractivity contribution in [2.45, 2.75) is 36.0 Å². The predicted octanol–water partition coefficient (Wildman–Crippen LogP) is 19.6. The van der Waals surface area contributed by atoms with Gasteiger partial charge >= 0.3 is 0 Å². The van der Waals surface area contributed by atoms with Crippen LogP contribution in [-0.4, -0.2) is 11.3 Å². The maximum atomic E-state index is 10.2. The minimum absolute atomic E-state index is 0.133. The molecule has 0 saturated heterocycles. The summed E-state index contributed by atoms with van der Waals surface area (Å²) in [7, 11) is 0. The number of aromatic nitrogens is 1. The number of rotatable bonds is 9. The molecule has 0 atom stereocenters. The number of nitriles is 2. The topological polar surface area (TPSA) is 62.2 Å². The lowest BCUT2D eigenvalue weighted by Gasteiger charge is -2.42. The molecule has 2 aliphatic heterocycles. The summed E-state index contributed by atoms with van der Waals surface area (Å²) in [5, 5.41) is 24.8. The number of anilines is 9. The van der Waals surface area contributed by atoms with Crippen LogP contribution in [0.1, 0.15) is 37.5 Å². The van der Waals surface area contributed by atoms with Crippen molar-refractivity contribution in [2.24, 2.45) is 0 Å². The Labute approximate surface area is 514 Å². The summed E-state index contributed by atoms with van der Waals surface area (Å²) >= 11 is 3.73. The molecule has 14 aromatic rings. The van der Waals surface area contributed by atoms with E-state index in [4.69, 9.17) is 0 Å². The third-order valence-corrected chi connectivity index (χ3v) is 19.7. The molecule has 0 aliphatic carbocycles. The quantitative estimate of drug-likeness (QED) is 0.134. The highest BCUT2D eigenvalue weighted by Gasteiger charge is 2.45. The predicted molar refractivity (Wildman–Crippen MR) is 367 cm³/mol. The number of hydrogen-bond acceptors (Lipinski definition) is 7. The molecule has 0 radical (unpaired) electrons. The lowest BCUT2D eigenvalue weighted by molar-refractivity contribution is 0.590. The molecule has 2 aromatic heterocycles. The standard InChI is InChI=1S/C78H53BN6S2/c1-78(2,3)53-35-42-67(63(43-53)52-19-7-4-8-20-52)85-69-44-59(84-65-28-16-13-25-60(65)61-26-14-17-29-66(61)84)46-73-75(69)79(64-41-40-58(45-72(64)86-73)82(54-21-9-5-10-22-54)56-36-31-50(48-80)32-37-56)76-70(85)47-68(74-62-27-15-18-30-71(62)87-77(74)76)83(55-23-11-6-12-24-55)57-38-33-51(49-81)34-39-57/h4-47H,1-3H3. The Morgan fingerprint density at radius 3 is 1.62 bits per heavy atom. The van der Waals surface area contributed by atoms with Crippen LogP contribution in [0.2, 0.25) is 0 Å². The van der Waals surface area contributed by atoms with Gasteiger partial charge in [0.25, 0.3) is 6.71 Å². The molecule has 410 valence electrons. The minimum Gasteiger partial charge on any atom is -0.311 e. The van der Waals surface area contributed by atoms with Gasteiger partial charge in [-0.05, 0) is 161 Å². The number of benzene rings is 12. The van der Waals surface area contributed by atoms with E-state index in [1.807, 2.05) is 59.5 Å². The molecule has 4 heterocycles. The Morgan fingerprint density at radius 1 is 0.448 bits per heavy atom. The summed E-state index contributed by atoms with van der Waals surface area (Å²) in [5.41, 5.74) is 21.0. The van der Waals surface area contributed by atoms with E-state index in [2.05, 4.69) is 283 Å². The normalized spacial score (nSPS) is 12.4. The minimum atomic E-state index is -0.211. The zero-order valence-corrected chi connectivity index (χ0v) is 49.6. The van der Waals surface area contributed by atoms with E-state index >= 15 is 0 Å². The second-order valence-corrected chi connectivity index (χ2v) is 25.6. The Hall–Kier alpha value is -10.5. The van der Waals surface area contributed by atoms with Gasteiger partial charge in [-0.15, -0.1) is 11.3 Å². The molecule has 6 nitrogen and oxygen atoms in total. The van der Waals surface area contributed by atoms with Crippen LogP contribution in [0.25, 0.3) is 58.8 Å². The van der Waals surface area contributed by atoms with E-state index in [-0.39, 0.29) is 12.1 Å². The molecule has 0 saturated carbocycles. The van der Waals surface area contributed by atoms with Gasteiger partial charge in [0, 0.05) is 91.8 Å². The fourth-order valence-electron chi connectivity index (χ4n) is 13.4. The van der Waals surface area contributed by atoms with Gasteiger partial charge in [0.05, 0.1) is 45.7 Å². The Balaban J connectivity index is 1.06. The van der Waals surface area contributed by atoms with Crippen LogP contribution < -0.4 is 31.1 Å². The van der Waals surface area contributed by atoms with Crippen molar-refractivity contribution < 1.29 is 0 Å². The van der Waals surface area contributed by atoms with Crippen molar-refractivity contribution in [1.82, 2.24) is 4.57 Å². The molecule has 0 bridgehead atoms. The van der Waals surface area contributed by atoms with E-state index in [9.17, 15) is 10.5 Å². The number of nitrogens with zero attached hydrogens (tertiary/aromatic N) is 6. The molecule has 12 aromatic carbocycles. The average Bonchev–Trinajstić information content (AvgIpc) is 1.68. The van der Waals surface area contributed by atoms with Crippen molar-refractivity contribution in [3.05, 3.63) is 284 Å². The first kappa shape index (κ1) is 52.0. The molecule has 0 spiro atoms. The molecular formula is C78H53BN6S2. The van der Waals surface area contributed by atoms with Gasteiger partial charge in [-0.2, -0.15) is 10.5 Å². The van der Waals surface area contributed by atoms with Gasteiger partial charge in [-0.3, -0.25) is 0 Å². The van der Waals surface area contributed by atoms with Crippen LogP contribution in [0.5, 0.6) is 0 Å². The van der Waals surface area contributed by atoms with E-state index in [1.54, 1.807) is 0 Å². The summed E-state index contributed by atoms with van der Waals surface area (Å²) in [5.74, 6) is 0. The molecule has 87 heavy (non-hydrogen) atoms. The van der Waals surface area contributed by atoms with Gasteiger partial charge in [-0.1, -0.05) is 171 Å². The lowest BCUT2D eigenvalue weighted by Crippen LogP contribution is -2.60. The van der Waals surface area contributed by atoms with Crippen LogP contribution in [0.3, 0.4) is 0 Å². The highest BCUT2D eigenvalue weighted by Crippen LogP contribution is 2.53. The fraction of sp³-hybridized carbons (Fsp3) is 0.0513. The third kappa shape index (κ3) is 8.53. The van der Waals surface area contributed by atoms with E-state index in [1.165, 1.54) is 62.7 Å². The second kappa shape index (κ2) is 20.6. The molecule has 9 heteroatoms. The summed E-state index contributed by atoms with van der Waals surface area (Å²) in [6.45, 7) is 6.70. The van der Waals surface area contributed by atoms with Gasteiger partial charge in [0.2, 0.25) is 0 Å². The van der Waals surface area contributed by atoms with E-state index < -0.39 is 0 Å². The highest BCUT2D eigenvalue weighted by molar-refractivity contribution is 8.00. The maximum absolute atomic E-state index is 10.2. The number of hydrogen-bond donors (Lipinski definition) is 0. The zero-order chi connectivity index (χ0) is 58.5. The smallest absolute Gasteiger partial charge is 0.251 e.